The van der Waals surface area contributed by atoms with Crippen LogP contribution in [0.25, 0.3) is 11.4 Å². The summed E-state index contributed by atoms with van der Waals surface area (Å²) in [5, 5.41) is 0.602. The minimum Gasteiger partial charge on any atom is -0.298 e. The molecule has 0 fully saturated rings. The van der Waals surface area contributed by atoms with Gasteiger partial charge in [-0.3, -0.25) is 4.90 Å². The van der Waals surface area contributed by atoms with Gasteiger partial charge < -0.3 is 0 Å². The van der Waals surface area contributed by atoms with Gasteiger partial charge in [-0.1, -0.05) is 72.3 Å². The number of aromatic nitrogens is 2. The molecule has 1 aromatic heterocycles. The first-order chi connectivity index (χ1) is 12.3. The van der Waals surface area contributed by atoms with Gasteiger partial charge >= 0.3 is 0 Å². The maximum atomic E-state index is 6.51. The molecule has 1 aliphatic heterocycles. The zero-order valence-electron chi connectivity index (χ0n) is 14.0. The molecule has 0 N–H and O–H groups in total. The molecular weight excluding hydrogens is 330 g/mol. The van der Waals surface area contributed by atoms with Crippen LogP contribution in [-0.2, 0) is 19.4 Å². The van der Waals surface area contributed by atoms with E-state index in [1.165, 1.54) is 5.56 Å². The van der Waals surface area contributed by atoms with Gasteiger partial charge in [0.15, 0.2) is 5.82 Å². The Morgan fingerprint density at radius 1 is 0.840 bits per heavy atom. The number of hydrogen-bond acceptors (Lipinski definition) is 3. The maximum absolute atomic E-state index is 6.51. The molecule has 0 radical (unpaired) electrons. The number of hydrogen-bond donors (Lipinski definition) is 0. The number of halogens is 1. The van der Waals surface area contributed by atoms with Crippen LogP contribution in [0.15, 0.2) is 60.7 Å². The number of fused-ring (bicyclic) bond motifs is 1. The van der Waals surface area contributed by atoms with Crippen LogP contribution < -0.4 is 0 Å². The normalized spacial score (nSPS) is 14.8. The smallest absolute Gasteiger partial charge is 0.161 e. The summed E-state index contributed by atoms with van der Waals surface area (Å²) < 4.78 is 0. The molecule has 2 aromatic carbocycles. The average molecular weight is 350 g/mol. The molecule has 0 bridgehead atoms. The van der Waals surface area contributed by atoms with Crippen molar-refractivity contribution in [2.24, 2.45) is 0 Å². The van der Waals surface area contributed by atoms with Gasteiger partial charge in [-0.2, -0.15) is 0 Å². The lowest BCUT2D eigenvalue weighted by atomic mass is 10.1. The third-order valence-electron chi connectivity index (χ3n) is 4.67. The first-order valence-corrected chi connectivity index (χ1v) is 9.04. The highest BCUT2D eigenvalue weighted by molar-refractivity contribution is 6.30. The zero-order chi connectivity index (χ0) is 17.1. The quantitative estimate of drug-likeness (QED) is 0.656. The topological polar surface area (TPSA) is 29.0 Å². The van der Waals surface area contributed by atoms with Gasteiger partial charge in [0.2, 0.25) is 0 Å². The molecule has 0 aliphatic carbocycles. The van der Waals surface area contributed by atoms with E-state index in [2.05, 4.69) is 40.2 Å². The van der Waals surface area contributed by atoms with Crippen LogP contribution in [0.3, 0.4) is 0 Å². The predicted molar refractivity (Wildman–Crippen MR) is 102 cm³/mol. The van der Waals surface area contributed by atoms with Crippen molar-refractivity contribution in [3.05, 3.63) is 82.6 Å². The third kappa shape index (κ3) is 3.73. The van der Waals surface area contributed by atoms with Crippen LogP contribution in [0.5, 0.6) is 0 Å². The van der Waals surface area contributed by atoms with E-state index in [0.29, 0.717) is 5.15 Å². The fraction of sp³-hybridized carbons (Fsp3) is 0.238. The second-order valence-electron chi connectivity index (χ2n) is 6.39. The summed E-state index contributed by atoms with van der Waals surface area (Å²) >= 11 is 6.51. The Hall–Kier alpha value is -2.23. The maximum Gasteiger partial charge on any atom is 0.161 e. The molecule has 3 nitrogen and oxygen atoms in total. The molecule has 0 saturated carbocycles. The van der Waals surface area contributed by atoms with E-state index < -0.39 is 0 Å². The highest BCUT2D eigenvalue weighted by Crippen LogP contribution is 2.25. The first kappa shape index (κ1) is 16.2. The van der Waals surface area contributed by atoms with Crippen LogP contribution in [0, 0.1) is 0 Å². The van der Waals surface area contributed by atoms with E-state index in [-0.39, 0.29) is 0 Å². The molecule has 4 heteroatoms. The third-order valence-corrected chi connectivity index (χ3v) is 4.98. The summed E-state index contributed by atoms with van der Waals surface area (Å²) in [6.07, 6.45) is 1.81. The van der Waals surface area contributed by atoms with Crippen molar-refractivity contribution in [1.29, 1.82) is 0 Å². The van der Waals surface area contributed by atoms with Crippen LogP contribution in [0.2, 0.25) is 5.15 Å². The van der Waals surface area contributed by atoms with Gasteiger partial charge in [0.05, 0.1) is 5.69 Å². The minimum atomic E-state index is 0.602. The SMILES string of the molecule is Clc1nc(-c2ccccc2)nc2c1CCN(Cc1ccccc1)CC2. The summed E-state index contributed by atoms with van der Waals surface area (Å²) in [5.74, 6) is 0.723. The molecule has 0 saturated heterocycles. The summed E-state index contributed by atoms with van der Waals surface area (Å²) in [6, 6.07) is 20.6. The summed E-state index contributed by atoms with van der Waals surface area (Å²) in [4.78, 5) is 11.8. The monoisotopic (exact) mass is 349 g/mol. The Kier molecular flexibility index (Phi) is 4.77. The van der Waals surface area contributed by atoms with Crippen molar-refractivity contribution in [2.45, 2.75) is 19.4 Å². The lowest BCUT2D eigenvalue weighted by Gasteiger charge is -2.19. The van der Waals surface area contributed by atoms with Gasteiger partial charge in [0.25, 0.3) is 0 Å². The van der Waals surface area contributed by atoms with Crippen molar-refractivity contribution < 1.29 is 0 Å². The number of rotatable bonds is 3. The lowest BCUT2D eigenvalue weighted by Crippen LogP contribution is -2.25. The molecule has 2 heterocycles. The van der Waals surface area contributed by atoms with E-state index in [1.54, 1.807) is 0 Å². The highest BCUT2D eigenvalue weighted by Gasteiger charge is 2.19. The standard InChI is InChI=1S/C21H20ClN3/c22-20-18-11-13-25(15-16-7-3-1-4-8-16)14-12-19(18)23-21(24-20)17-9-5-2-6-10-17/h1-10H,11-15H2. The molecule has 126 valence electrons. The van der Waals surface area contributed by atoms with Gasteiger partial charge in [-0.15, -0.1) is 0 Å². The predicted octanol–water partition coefficient (Wildman–Crippen LogP) is 4.40. The number of benzene rings is 2. The Labute approximate surface area is 153 Å². The van der Waals surface area contributed by atoms with Crippen molar-refractivity contribution in [2.75, 3.05) is 13.1 Å². The molecule has 0 spiro atoms. The van der Waals surface area contributed by atoms with E-state index in [0.717, 1.165) is 55.1 Å². The largest absolute Gasteiger partial charge is 0.298 e. The fourth-order valence-electron chi connectivity index (χ4n) is 3.32. The molecule has 25 heavy (non-hydrogen) atoms. The molecule has 0 atom stereocenters. The van der Waals surface area contributed by atoms with Crippen LogP contribution in [-0.4, -0.2) is 28.0 Å². The Bertz CT molecular complexity index is 850. The van der Waals surface area contributed by atoms with E-state index >= 15 is 0 Å². The van der Waals surface area contributed by atoms with Crippen LogP contribution >= 0.6 is 11.6 Å². The molecule has 3 aromatic rings. The molecular formula is C21H20ClN3. The minimum absolute atomic E-state index is 0.602. The van der Waals surface area contributed by atoms with Crippen molar-refractivity contribution in [3.8, 4) is 11.4 Å². The van der Waals surface area contributed by atoms with E-state index in [4.69, 9.17) is 16.6 Å². The fourth-order valence-corrected chi connectivity index (χ4v) is 3.60. The van der Waals surface area contributed by atoms with Gasteiger partial charge in [-0.25, -0.2) is 9.97 Å². The second-order valence-corrected chi connectivity index (χ2v) is 6.75. The van der Waals surface area contributed by atoms with Crippen molar-refractivity contribution in [1.82, 2.24) is 14.9 Å². The van der Waals surface area contributed by atoms with Gasteiger partial charge in [-0.05, 0) is 12.0 Å². The van der Waals surface area contributed by atoms with Crippen molar-refractivity contribution >= 4 is 11.6 Å². The zero-order valence-corrected chi connectivity index (χ0v) is 14.8. The van der Waals surface area contributed by atoms with E-state index in [9.17, 15) is 0 Å². The molecule has 1 aliphatic rings. The van der Waals surface area contributed by atoms with Crippen LogP contribution in [0.1, 0.15) is 16.8 Å². The van der Waals surface area contributed by atoms with Crippen molar-refractivity contribution in [3.63, 3.8) is 0 Å². The molecule has 4 rings (SSSR count). The van der Waals surface area contributed by atoms with E-state index in [1.807, 2.05) is 30.3 Å². The lowest BCUT2D eigenvalue weighted by molar-refractivity contribution is 0.279. The summed E-state index contributed by atoms with van der Waals surface area (Å²) in [7, 11) is 0. The molecule has 0 unspecified atom stereocenters. The van der Waals surface area contributed by atoms with Gasteiger partial charge in [0.1, 0.15) is 5.15 Å². The Morgan fingerprint density at radius 3 is 2.28 bits per heavy atom. The summed E-state index contributed by atoms with van der Waals surface area (Å²) in [6.45, 7) is 2.94. The Balaban J connectivity index is 1.56. The average Bonchev–Trinajstić information content (AvgIpc) is 2.86. The Morgan fingerprint density at radius 2 is 1.52 bits per heavy atom. The highest BCUT2D eigenvalue weighted by atomic mass is 35.5. The first-order valence-electron chi connectivity index (χ1n) is 8.66. The number of nitrogens with zero attached hydrogens (tertiary/aromatic N) is 3. The van der Waals surface area contributed by atoms with Crippen LogP contribution in [0.4, 0.5) is 0 Å². The van der Waals surface area contributed by atoms with Gasteiger partial charge in [0, 0.05) is 37.2 Å². The summed E-state index contributed by atoms with van der Waals surface area (Å²) in [5.41, 5.74) is 4.56. The second kappa shape index (κ2) is 7.34. The molecule has 0 amide bonds.